The van der Waals surface area contributed by atoms with E-state index < -0.39 is 71.7 Å². The Balaban J connectivity index is 0.925. The third-order valence-electron chi connectivity index (χ3n) is 18.3. The number of aromatic nitrogens is 4. The molecular formula is C59H74F4N10O8. The van der Waals surface area contributed by atoms with E-state index in [9.17, 15) is 19.2 Å². The van der Waals surface area contributed by atoms with Crippen LogP contribution in [0.1, 0.15) is 145 Å². The van der Waals surface area contributed by atoms with Crippen molar-refractivity contribution in [3.63, 3.8) is 0 Å². The number of halogens is 4. The van der Waals surface area contributed by atoms with E-state index in [0.717, 1.165) is 12.8 Å². The number of carbonyl (C=O) groups is 4. The van der Waals surface area contributed by atoms with Crippen molar-refractivity contribution in [3.05, 3.63) is 82.4 Å². The van der Waals surface area contributed by atoms with Crippen molar-refractivity contribution in [2.45, 2.75) is 134 Å². The number of likely N-dealkylation sites (tertiary alicyclic amines) is 2. The lowest BCUT2D eigenvalue weighted by atomic mass is 9.75. The van der Waals surface area contributed by atoms with Crippen molar-refractivity contribution >= 4 is 57.4 Å². The molecule has 436 valence electrons. The highest BCUT2D eigenvalue weighted by atomic mass is 19.1. The standard InChI is InChI=1S/C59H74F4N10O8/c1-59(2,3)34-12-20-70(21-13-34)52-40(62)26-35(27-41(52)63)73-46(36-28-42-44(30-38(36)60)66-53(64-42)48-8-6-18-71(48)55(74)50(68-57(76)78-4)32-14-22-80-23-15-32)10-11-47(73)37-29-43-45(31-39(37)61)67-54(65-43)49-9-7-19-72(49)56(75)51(69-58(77)79-5)33-16-24-81-25-17-33/h26-34,46-51H,6-25H2,1-5H3,(H,64,66)(H,65,67)(H,68,76)(H,69,77)/t46-,47-,48+,49+,50+,51+/m1/s1. The van der Waals surface area contributed by atoms with Gasteiger partial charge in [0.1, 0.15) is 41.1 Å². The molecule has 8 heterocycles. The summed E-state index contributed by atoms with van der Waals surface area (Å²) in [6.45, 7) is 10.1. The first kappa shape index (κ1) is 56.2. The number of H-pyrrole nitrogens is 2. The number of piperidine rings is 1. The van der Waals surface area contributed by atoms with Gasteiger partial charge in [0, 0.05) is 81.6 Å². The molecule has 3 aromatic carbocycles. The van der Waals surface area contributed by atoms with E-state index in [2.05, 4.69) is 41.4 Å². The largest absolute Gasteiger partial charge is 0.453 e. The Morgan fingerprint density at radius 3 is 1.42 bits per heavy atom. The molecule has 6 aliphatic rings. The predicted molar refractivity (Wildman–Crippen MR) is 293 cm³/mol. The van der Waals surface area contributed by atoms with Crippen molar-refractivity contribution in [2.24, 2.45) is 23.2 Å². The summed E-state index contributed by atoms with van der Waals surface area (Å²) in [5, 5.41) is 5.54. The molecule has 4 N–H and O–H groups in total. The number of amides is 4. The molecule has 81 heavy (non-hydrogen) atoms. The van der Waals surface area contributed by atoms with Crippen LogP contribution in [0.4, 0.5) is 38.5 Å². The normalized spacial score (nSPS) is 23.4. The molecule has 4 amide bonds. The average Bonchev–Trinajstić information content (AvgIpc) is 4.45. The summed E-state index contributed by atoms with van der Waals surface area (Å²) in [6, 6.07) is 4.07. The maximum Gasteiger partial charge on any atom is 0.407 e. The molecule has 6 saturated heterocycles. The molecule has 0 bridgehead atoms. The third kappa shape index (κ3) is 11.2. The Bertz CT molecular complexity index is 2960. The number of rotatable bonds is 12. The van der Waals surface area contributed by atoms with Gasteiger partial charge in [0.05, 0.1) is 60.5 Å². The van der Waals surface area contributed by atoms with Gasteiger partial charge in [0.15, 0.2) is 11.6 Å². The fourth-order valence-corrected chi connectivity index (χ4v) is 13.9. The number of aromatic amines is 2. The fraction of sp³-hybridized carbons (Fsp3) is 0.593. The first-order chi connectivity index (χ1) is 39.0. The molecule has 22 heteroatoms. The molecule has 0 aliphatic carbocycles. The molecule has 6 fully saturated rings. The smallest absolute Gasteiger partial charge is 0.407 e. The lowest BCUT2D eigenvalue weighted by molar-refractivity contribution is -0.137. The molecule has 2 aromatic heterocycles. The molecule has 6 atom stereocenters. The minimum absolute atomic E-state index is 0.0439. The number of alkyl carbamates (subject to hydrolysis) is 2. The molecular weight excluding hydrogens is 1050 g/mol. The lowest BCUT2D eigenvalue weighted by Gasteiger charge is -2.40. The molecule has 6 aliphatic heterocycles. The Kier molecular flexibility index (Phi) is 16.2. The number of hydrogen-bond acceptors (Lipinski definition) is 12. The van der Waals surface area contributed by atoms with Crippen LogP contribution < -0.4 is 20.4 Å². The Morgan fingerprint density at radius 1 is 0.580 bits per heavy atom. The Hall–Kier alpha value is -6.68. The molecule has 18 nitrogen and oxygen atoms in total. The van der Waals surface area contributed by atoms with Crippen LogP contribution in [-0.2, 0) is 28.5 Å². The van der Waals surface area contributed by atoms with Gasteiger partial charge in [-0.05, 0) is 124 Å². The van der Waals surface area contributed by atoms with E-state index >= 15 is 17.6 Å². The number of imidazole rings is 2. The van der Waals surface area contributed by atoms with Gasteiger partial charge in [-0.2, -0.15) is 0 Å². The maximum absolute atomic E-state index is 17.1. The summed E-state index contributed by atoms with van der Waals surface area (Å²) in [5.74, 6) is -2.42. The van der Waals surface area contributed by atoms with Crippen molar-refractivity contribution < 1.29 is 55.7 Å². The number of carbonyl (C=O) groups excluding carboxylic acids is 4. The first-order valence-electron chi connectivity index (χ1n) is 28.8. The summed E-state index contributed by atoms with van der Waals surface area (Å²) in [4.78, 5) is 77.2. The topological polar surface area (TPSA) is 200 Å². The number of benzene rings is 3. The second-order valence-electron chi connectivity index (χ2n) is 23.9. The Labute approximate surface area is 468 Å². The number of anilines is 2. The first-order valence-corrected chi connectivity index (χ1v) is 28.8. The van der Waals surface area contributed by atoms with Gasteiger partial charge >= 0.3 is 12.2 Å². The quantitative estimate of drug-likeness (QED) is 0.0864. The van der Waals surface area contributed by atoms with Crippen LogP contribution >= 0.6 is 0 Å². The van der Waals surface area contributed by atoms with Gasteiger partial charge in [0.25, 0.3) is 0 Å². The van der Waals surface area contributed by atoms with Crippen LogP contribution in [0, 0.1) is 46.4 Å². The van der Waals surface area contributed by atoms with Gasteiger partial charge in [0.2, 0.25) is 11.8 Å². The third-order valence-corrected chi connectivity index (χ3v) is 18.3. The predicted octanol–water partition coefficient (Wildman–Crippen LogP) is 9.97. The molecule has 0 spiro atoms. The van der Waals surface area contributed by atoms with Crippen LogP contribution in [-0.4, -0.2) is 133 Å². The van der Waals surface area contributed by atoms with E-state index in [1.54, 1.807) is 31.7 Å². The summed E-state index contributed by atoms with van der Waals surface area (Å²) < 4.78 is 88.8. The van der Waals surface area contributed by atoms with Crippen LogP contribution in [0.2, 0.25) is 0 Å². The SMILES string of the molecule is COC(=O)N[C@H](C(=O)N1CCC[C@H]1c1nc2cc(F)c([C@H]3CC[C@H](c4cc5[nH]c([C@@H]6CCCN6C(=O)[C@@H](NC(=O)OC)C6CCOCC6)nc5cc4F)N3c3cc(F)c(N4CCC(C(C)(C)C)CC4)c(F)c3)cc2[nH]1)C1CCOCC1. The van der Waals surface area contributed by atoms with Crippen molar-refractivity contribution in [3.8, 4) is 0 Å². The number of nitrogens with one attached hydrogen (secondary N) is 4. The van der Waals surface area contributed by atoms with Gasteiger partial charge in [-0.15, -0.1) is 0 Å². The number of methoxy groups -OCH3 is 2. The highest BCUT2D eigenvalue weighted by Crippen LogP contribution is 2.50. The molecule has 0 radical (unpaired) electrons. The second kappa shape index (κ2) is 23.3. The second-order valence-corrected chi connectivity index (χ2v) is 23.9. The summed E-state index contributed by atoms with van der Waals surface area (Å²) in [6.07, 6.45) is 5.43. The van der Waals surface area contributed by atoms with Crippen LogP contribution in [0.5, 0.6) is 0 Å². The van der Waals surface area contributed by atoms with Crippen LogP contribution in [0.3, 0.4) is 0 Å². The van der Waals surface area contributed by atoms with Gasteiger partial charge in [-0.1, -0.05) is 20.8 Å². The number of ether oxygens (including phenoxy) is 4. The van der Waals surface area contributed by atoms with Crippen molar-refractivity contribution in [1.82, 2.24) is 40.4 Å². The maximum atomic E-state index is 17.1. The van der Waals surface area contributed by atoms with Gasteiger partial charge < -0.3 is 59.1 Å². The highest BCUT2D eigenvalue weighted by Gasteiger charge is 2.44. The number of hydrogen-bond donors (Lipinski definition) is 4. The summed E-state index contributed by atoms with van der Waals surface area (Å²) >= 11 is 0. The van der Waals surface area contributed by atoms with E-state index in [0.29, 0.717) is 144 Å². The van der Waals surface area contributed by atoms with Gasteiger partial charge in [-0.3, -0.25) is 9.59 Å². The molecule has 0 saturated carbocycles. The fourth-order valence-electron chi connectivity index (χ4n) is 13.9. The van der Waals surface area contributed by atoms with Crippen molar-refractivity contribution in [2.75, 3.05) is 76.6 Å². The number of fused-ring (bicyclic) bond motifs is 2. The molecule has 5 aromatic rings. The lowest BCUT2D eigenvalue weighted by Crippen LogP contribution is -2.53. The monoisotopic (exact) mass is 1130 g/mol. The van der Waals surface area contributed by atoms with Crippen LogP contribution in [0.15, 0.2) is 36.4 Å². The zero-order chi connectivity index (χ0) is 56.9. The van der Waals surface area contributed by atoms with E-state index in [1.807, 2.05) is 0 Å². The molecule has 11 rings (SSSR count). The zero-order valence-corrected chi connectivity index (χ0v) is 46.8. The van der Waals surface area contributed by atoms with E-state index in [1.165, 1.54) is 38.5 Å². The highest BCUT2D eigenvalue weighted by molar-refractivity contribution is 5.88. The van der Waals surface area contributed by atoms with E-state index in [-0.39, 0.29) is 64.4 Å². The van der Waals surface area contributed by atoms with Crippen molar-refractivity contribution in [1.29, 1.82) is 0 Å². The number of nitrogens with zero attached hydrogens (tertiary/aromatic N) is 6. The Morgan fingerprint density at radius 2 is 1.01 bits per heavy atom. The molecule has 0 unspecified atom stereocenters. The summed E-state index contributed by atoms with van der Waals surface area (Å²) in [5.41, 5.74) is 1.99. The summed E-state index contributed by atoms with van der Waals surface area (Å²) in [7, 11) is 2.50. The van der Waals surface area contributed by atoms with Crippen LogP contribution in [0.25, 0.3) is 22.1 Å². The zero-order valence-electron chi connectivity index (χ0n) is 46.8. The van der Waals surface area contributed by atoms with E-state index in [4.69, 9.17) is 28.9 Å². The van der Waals surface area contributed by atoms with Gasteiger partial charge in [-0.25, -0.2) is 37.1 Å². The minimum atomic E-state index is -0.853. The average molecular weight is 1130 g/mol. The minimum Gasteiger partial charge on any atom is -0.453 e.